The molecule has 0 saturated carbocycles. The van der Waals surface area contributed by atoms with Gasteiger partial charge in [0.15, 0.2) is 0 Å². The number of likely N-dealkylation sites (N-methyl/N-ethyl adjacent to an activating group) is 1. The van der Waals surface area contributed by atoms with E-state index in [0.29, 0.717) is 22.9 Å². The summed E-state index contributed by atoms with van der Waals surface area (Å²) < 4.78 is 10.9. The standard InChI is InChI=1S/C26H25N3O3S/c1-17-7-4-5-10-23(17)32-24(30)16-33-26-20(14-27)25(18-8-6-9-19(13-18)31-3)21-15-29(2)12-11-22(21)28-26/h4-10,13H,11-12,15-16H2,1-3H3. The zero-order valence-electron chi connectivity index (χ0n) is 18.9. The van der Waals surface area contributed by atoms with Crippen molar-refractivity contribution in [2.45, 2.75) is 24.9 Å². The van der Waals surface area contributed by atoms with Gasteiger partial charge in [0, 0.05) is 30.8 Å². The molecule has 0 unspecified atom stereocenters. The van der Waals surface area contributed by atoms with Crippen LogP contribution in [0.15, 0.2) is 53.6 Å². The van der Waals surface area contributed by atoms with Gasteiger partial charge < -0.3 is 14.4 Å². The largest absolute Gasteiger partial charge is 0.497 e. The number of aromatic nitrogens is 1. The number of fused-ring (bicyclic) bond motifs is 1. The highest BCUT2D eigenvalue weighted by atomic mass is 32.2. The Morgan fingerprint density at radius 1 is 1.24 bits per heavy atom. The van der Waals surface area contributed by atoms with Crippen LogP contribution in [0.25, 0.3) is 11.1 Å². The van der Waals surface area contributed by atoms with Crippen LogP contribution < -0.4 is 9.47 Å². The molecule has 168 valence electrons. The molecule has 0 N–H and O–H groups in total. The number of hydrogen-bond donors (Lipinski definition) is 0. The zero-order valence-corrected chi connectivity index (χ0v) is 19.7. The first-order valence-corrected chi connectivity index (χ1v) is 11.7. The number of thioether (sulfide) groups is 1. The van der Waals surface area contributed by atoms with Crippen LogP contribution in [0.4, 0.5) is 0 Å². The van der Waals surface area contributed by atoms with Gasteiger partial charge in [-0.15, -0.1) is 0 Å². The molecule has 0 amide bonds. The van der Waals surface area contributed by atoms with Crippen molar-refractivity contribution in [3.05, 3.63) is 70.9 Å². The Labute approximate surface area is 198 Å². The number of esters is 1. The number of pyridine rings is 1. The molecule has 3 aromatic rings. The van der Waals surface area contributed by atoms with Crippen molar-refractivity contribution in [2.75, 3.05) is 26.5 Å². The van der Waals surface area contributed by atoms with Crippen LogP contribution in [0, 0.1) is 18.3 Å². The predicted octanol–water partition coefficient (Wildman–Crippen LogP) is 4.62. The maximum Gasteiger partial charge on any atom is 0.321 e. The van der Waals surface area contributed by atoms with Gasteiger partial charge in [0.2, 0.25) is 0 Å². The van der Waals surface area contributed by atoms with Crippen LogP contribution >= 0.6 is 11.8 Å². The van der Waals surface area contributed by atoms with E-state index < -0.39 is 0 Å². The molecular formula is C26H25N3O3S. The topological polar surface area (TPSA) is 75.4 Å². The maximum atomic E-state index is 12.5. The number of rotatable bonds is 6. The van der Waals surface area contributed by atoms with Crippen LogP contribution in [-0.2, 0) is 17.8 Å². The van der Waals surface area contributed by atoms with Gasteiger partial charge >= 0.3 is 5.97 Å². The zero-order chi connectivity index (χ0) is 23.4. The monoisotopic (exact) mass is 459 g/mol. The molecule has 0 radical (unpaired) electrons. The van der Waals surface area contributed by atoms with Crippen molar-refractivity contribution in [3.63, 3.8) is 0 Å². The van der Waals surface area contributed by atoms with Gasteiger partial charge in [0.05, 0.1) is 18.4 Å². The van der Waals surface area contributed by atoms with E-state index in [0.717, 1.165) is 46.7 Å². The van der Waals surface area contributed by atoms with Gasteiger partial charge in [-0.05, 0) is 48.9 Å². The van der Waals surface area contributed by atoms with E-state index in [1.807, 2.05) is 49.4 Å². The van der Waals surface area contributed by atoms with Crippen LogP contribution in [0.5, 0.6) is 11.5 Å². The summed E-state index contributed by atoms with van der Waals surface area (Å²) >= 11 is 1.24. The van der Waals surface area contributed by atoms with E-state index in [9.17, 15) is 10.1 Å². The number of aryl methyl sites for hydroxylation is 1. The first kappa shape index (κ1) is 22.8. The number of hydrogen-bond acceptors (Lipinski definition) is 7. The van der Waals surface area contributed by atoms with E-state index in [1.165, 1.54) is 11.8 Å². The lowest BCUT2D eigenvalue weighted by atomic mass is 9.91. The van der Waals surface area contributed by atoms with Crippen molar-refractivity contribution < 1.29 is 14.3 Å². The predicted molar refractivity (Wildman–Crippen MR) is 129 cm³/mol. The van der Waals surface area contributed by atoms with E-state index in [2.05, 4.69) is 18.0 Å². The minimum absolute atomic E-state index is 0.0618. The average Bonchev–Trinajstić information content (AvgIpc) is 2.83. The number of carbonyl (C=O) groups excluding carboxylic acids is 1. The van der Waals surface area contributed by atoms with Crippen molar-refractivity contribution in [3.8, 4) is 28.7 Å². The molecular weight excluding hydrogens is 434 g/mol. The van der Waals surface area contributed by atoms with Gasteiger partial charge in [-0.1, -0.05) is 42.1 Å². The Hall–Kier alpha value is -3.34. The van der Waals surface area contributed by atoms with Crippen LogP contribution in [0.3, 0.4) is 0 Å². The smallest absolute Gasteiger partial charge is 0.321 e. The minimum atomic E-state index is -0.375. The molecule has 2 heterocycles. The molecule has 2 aromatic carbocycles. The molecule has 0 atom stereocenters. The van der Waals surface area contributed by atoms with Crippen molar-refractivity contribution in [1.82, 2.24) is 9.88 Å². The third-order valence-electron chi connectivity index (χ3n) is 5.62. The highest BCUT2D eigenvalue weighted by Gasteiger charge is 2.25. The number of benzene rings is 2. The molecule has 6 nitrogen and oxygen atoms in total. The number of nitriles is 1. The van der Waals surface area contributed by atoms with Crippen LogP contribution in [0.2, 0.25) is 0 Å². The first-order chi connectivity index (χ1) is 16.0. The number of methoxy groups -OCH3 is 1. The van der Waals surface area contributed by atoms with E-state index >= 15 is 0 Å². The summed E-state index contributed by atoms with van der Waals surface area (Å²) in [5, 5.41) is 10.7. The lowest BCUT2D eigenvalue weighted by molar-refractivity contribution is -0.131. The molecule has 7 heteroatoms. The first-order valence-electron chi connectivity index (χ1n) is 10.7. The van der Waals surface area contributed by atoms with Crippen molar-refractivity contribution >= 4 is 17.7 Å². The summed E-state index contributed by atoms with van der Waals surface area (Å²) in [6.45, 7) is 3.50. The quantitative estimate of drug-likeness (QED) is 0.302. The Morgan fingerprint density at radius 3 is 2.82 bits per heavy atom. The summed E-state index contributed by atoms with van der Waals surface area (Å²) in [5.41, 5.74) is 5.17. The Morgan fingerprint density at radius 2 is 2.06 bits per heavy atom. The summed E-state index contributed by atoms with van der Waals surface area (Å²) in [4.78, 5) is 19.6. The highest BCUT2D eigenvalue weighted by Crippen LogP contribution is 2.38. The number of ether oxygens (including phenoxy) is 2. The third kappa shape index (κ3) is 5.03. The van der Waals surface area contributed by atoms with Crippen LogP contribution in [0.1, 0.15) is 22.4 Å². The molecule has 1 aliphatic rings. The summed E-state index contributed by atoms with van der Waals surface area (Å²) in [5.74, 6) is 0.955. The molecule has 0 fully saturated rings. The Bertz CT molecular complexity index is 1240. The van der Waals surface area contributed by atoms with E-state index in [-0.39, 0.29) is 11.7 Å². The number of nitrogens with zero attached hydrogens (tertiary/aromatic N) is 3. The number of carbonyl (C=O) groups is 1. The average molecular weight is 460 g/mol. The van der Waals surface area contributed by atoms with Gasteiger partial charge in [-0.25, -0.2) is 4.98 Å². The van der Waals surface area contributed by atoms with Gasteiger partial charge in [-0.2, -0.15) is 5.26 Å². The summed E-state index contributed by atoms with van der Waals surface area (Å²) in [6.07, 6.45) is 0.787. The lowest BCUT2D eigenvalue weighted by Gasteiger charge is -2.28. The molecule has 0 saturated heterocycles. The Kier molecular flexibility index (Phi) is 6.97. The molecule has 0 aliphatic carbocycles. The fraction of sp³-hybridized carbons (Fsp3) is 0.269. The van der Waals surface area contributed by atoms with Gasteiger partial charge in [-0.3, -0.25) is 4.79 Å². The van der Waals surface area contributed by atoms with Gasteiger partial charge in [0.1, 0.15) is 22.6 Å². The molecule has 1 aromatic heterocycles. The fourth-order valence-corrected chi connectivity index (χ4v) is 4.71. The molecule has 0 spiro atoms. The molecule has 0 bridgehead atoms. The van der Waals surface area contributed by atoms with E-state index in [4.69, 9.17) is 14.5 Å². The fourth-order valence-electron chi connectivity index (χ4n) is 3.93. The van der Waals surface area contributed by atoms with E-state index in [1.54, 1.807) is 13.2 Å². The van der Waals surface area contributed by atoms with Crippen molar-refractivity contribution in [2.24, 2.45) is 0 Å². The number of para-hydroxylation sites is 1. The lowest BCUT2D eigenvalue weighted by Crippen LogP contribution is -2.28. The van der Waals surface area contributed by atoms with Crippen molar-refractivity contribution in [1.29, 1.82) is 5.26 Å². The second-order valence-corrected chi connectivity index (χ2v) is 8.92. The second kappa shape index (κ2) is 10.1. The Balaban J connectivity index is 1.69. The maximum absolute atomic E-state index is 12.5. The minimum Gasteiger partial charge on any atom is -0.497 e. The molecule has 4 rings (SSSR count). The molecule has 33 heavy (non-hydrogen) atoms. The van der Waals surface area contributed by atoms with Gasteiger partial charge in [0.25, 0.3) is 0 Å². The summed E-state index contributed by atoms with van der Waals surface area (Å²) in [7, 11) is 3.69. The normalized spacial score (nSPS) is 13.2. The SMILES string of the molecule is COc1cccc(-c2c(C#N)c(SCC(=O)Oc3ccccc3C)nc3c2CN(C)CC3)c1. The van der Waals surface area contributed by atoms with Crippen LogP contribution in [-0.4, -0.2) is 42.3 Å². The second-order valence-electron chi connectivity index (χ2n) is 7.95. The highest BCUT2D eigenvalue weighted by molar-refractivity contribution is 7.99. The molecule has 1 aliphatic heterocycles. The summed E-state index contributed by atoms with van der Waals surface area (Å²) in [6, 6.07) is 17.5. The third-order valence-corrected chi connectivity index (χ3v) is 6.57.